The van der Waals surface area contributed by atoms with E-state index in [2.05, 4.69) is 15.6 Å². The van der Waals surface area contributed by atoms with E-state index in [0.29, 0.717) is 25.4 Å². The Labute approximate surface area is 157 Å². The molecule has 0 saturated carbocycles. The molecule has 7 nitrogen and oxygen atoms in total. The molecule has 2 aliphatic heterocycles. The molecule has 0 spiro atoms. The third-order valence-corrected chi connectivity index (χ3v) is 5.38. The summed E-state index contributed by atoms with van der Waals surface area (Å²) >= 11 is 0. The molecule has 8 heteroatoms. The number of rotatable bonds is 3. The zero-order valence-electron chi connectivity index (χ0n) is 15.4. The van der Waals surface area contributed by atoms with E-state index in [0.717, 1.165) is 37.2 Å². The molecule has 1 amide bonds. The van der Waals surface area contributed by atoms with Crippen LogP contribution in [0.25, 0.3) is 0 Å². The number of piperidine rings is 1. The van der Waals surface area contributed by atoms with Gasteiger partial charge in [0.2, 0.25) is 0 Å². The van der Waals surface area contributed by atoms with Crippen LogP contribution in [0.2, 0.25) is 0 Å². The van der Waals surface area contributed by atoms with Gasteiger partial charge in [0.25, 0.3) is 5.91 Å². The summed E-state index contributed by atoms with van der Waals surface area (Å²) in [5.41, 5.74) is 2.09. The van der Waals surface area contributed by atoms with Gasteiger partial charge < -0.3 is 15.0 Å². The fourth-order valence-electron chi connectivity index (χ4n) is 3.80. The number of hydrogen-bond acceptors (Lipinski definition) is 5. The molecule has 1 aromatic heterocycles. The van der Waals surface area contributed by atoms with Gasteiger partial charge in [-0.05, 0) is 50.6 Å². The van der Waals surface area contributed by atoms with Gasteiger partial charge in [0.1, 0.15) is 11.9 Å². The van der Waals surface area contributed by atoms with Crippen molar-refractivity contribution in [2.75, 3.05) is 32.8 Å². The van der Waals surface area contributed by atoms with Crippen LogP contribution in [0.1, 0.15) is 46.7 Å². The number of aromatic nitrogens is 3. The second kappa shape index (κ2) is 7.74. The van der Waals surface area contributed by atoms with Gasteiger partial charge in [-0.1, -0.05) is 17.3 Å². The van der Waals surface area contributed by atoms with E-state index in [-0.39, 0.29) is 23.9 Å². The second-order valence-electron chi connectivity index (χ2n) is 7.11. The summed E-state index contributed by atoms with van der Waals surface area (Å²) in [7, 11) is 0. The zero-order chi connectivity index (χ0) is 18.8. The van der Waals surface area contributed by atoms with Crippen LogP contribution in [0.3, 0.4) is 0 Å². The van der Waals surface area contributed by atoms with E-state index in [1.54, 1.807) is 17.0 Å². The summed E-state index contributed by atoms with van der Waals surface area (Å²) in [6, 6.07) is 6.51. The summed E-state index contributed by atoms with van der Waals surface area (Å²) in [5, 5.41) is 11.8. The molecule has 2 saturated heterocycles. The maximum atomic E-state index is 13.2. The van der Waals surface area contributed by atoms with Crippen LogP contribution in [0.4, 0.5) is 4.39 Å². The minimum Gasteiger partial charge on any atom is -0.370 e. The molecule has 2 aliphatic rings. The minimum atomic E-state index is -0.285. The molecule has 144 valence electrons. The first-order valence-electron chi connectivity index (χ1n) is 9.42. The summed E-state index contributed by atoms with van der Waals surface area (Å²) in [6.45, 7) is 5.19. The van der Waals surface area contributed by atoms with Crippen LogP contribution in [-0.4, -0.2) is 58.6 Å². The molecular formula is C19H24FN5O2. The molecule has 1 N–H and O–H groups in total. The lowest BCUT2D eigenvalue weighted by atomic mass is 10.1. The van der Waals surface area contributed by atoms with Crippen LogP contribution in [0.15, 0.2) is 24.3 Å². The van der Waals surface area contributed by atoms with E-state index in [1.807, 2.05) is 11.6 Å². The van der Waals surface area contributed by atoms with Gasteiger partial charge in [-0.2, -0.15) is 0 Å². The molecule has 4 rings (SSSR count). The molecule has 2 aromatic rings. The lowest BCUT2D eigenvalue weighted by Gasteiger charge is -2.33. The molecule has 0 bridgehead atoms. The van der Waals surface area contributed by atoms with E-state index < -0.39 is 0 Å². The molecule has 1 atom stereocenters. The van der Waals surface area contributed by atoms with Crippen molar-refractivity contribution in [2.24, 2.45) is 0 Å². The maximum Gasteiger partial charge on any atom is 0.276 e. The Bertz CT molecular complexity index is 801. The Morgan fingerprint density at radius 3 is 2.74 bits per heavy atom. The van der Waals surface area contributed by atoms with Crippen molar-refractivity contribution in [1.29, 1.82) is 0 Å². The Balaban J connectivity index is 1.49. The van der Waals surface area contributed by atoms with Gasteiger partial charge in [-0.3, -0.25) is 4.79 Å². The predicted molar refractivity (Wildman–Crippen MR) is 96.9 cm³/mol. The first-order chi connectivity index (χ1) is 13.1. The quantitative estimate of drug-likeness (QED) is 0.889. The molecule has 27 heavy (non-hydrogen) atoms. The second-order valence-corrected chi connectivity index (χ2v) is 7.11. The smallest absolute Gasteiger partial charge is 0.276 e. The Kier molecular flexibility index (Phi) is 5.18. The number of ether oxygens (including phenoxy) is 1. The van der Waals surface area contributed by atoms with Gasteiger partial charge >= 0.3 is 0 Å². The van der Waals surface area contributed by atoms with Crippen LogP contribution < -0.4 is 5.32 Å². The van der Waals surface area contributed by atoms with Crippen molar-refractivity contribution in [3.8, 4) is 0 Å². The fourth-order valence-corrected chi connectivity index (χ4v) is 3.80. The summed E-state index contributed by atoms with van der Waals surface area (Å²) in [4.78, 5) is 14.8. The summed E-state index contributed by atoms with van der Waals surface area (Å²) in [5.74, 6) is -0.407. The number of nitrogens with zero attached hydrogens (tertiary/aromatic N) is 4. The highest BCUT2D eigenvalue weighted by atomic mass is 19.1. The van der Waals surface area contributed by atoms with Gasteiger partial charge in [-0.15, -0.1) is 5.10 Å². The highest BCUT2D eigenvalue weighted by Gasteiger charge is 2.30. The Morgan fingerprint density at radius 1 is 1.26 bits per heavy atom. The topological polar surface area (TPSA) is 72.3 Å². The number of nitrogens with one attached hydrogen (secondary N) is 1. The van der Waals surface area contributed by atoms with Gasteiger partial charge in [0, 0.05) is 6.54 Å². The molecule has 2 fully saturated rings. The normalized spacial score (nSPS) is 21.4. The van der Waals surface area contributed by atoms with Crippen molar-refractivity contribution in [2.45, 2.75) is 31.9 Å². The van der Waals surface area contributed by atoms with Crippen LogP contribution >= 0.6 is 0 Å². The largest absolute Gasteiger partial charge is 0.370 e. The first kappa shape index (κ1) is 18.1. The lowest BCUT2D eigenvalue weighted by Crippen LogP contribution is -2.42. The van der Waals surface area contributed by atoms with Gasteiger partial charge in [0.15, 0.2) is 5.69 Å². The van der Waals surface area contributed by atoms with E-state index in [1.165, 1.54) is 12.1 Å². The van der Waals surface area contributed by atoms with Crippen LogP contribution in [-0.2, 0) is 4.74 Å². The predicted octanol–water partition coefficient (Wildman–Crippen LogP) is 1.86. The first-order valence-corrected chi connectivity index (χ1v) is 9.42. The van der Waals surface area contributed by atoms with Crippen molar-refractivity contribution in [1.82, 2.24) is 25.2 Å². The number of hydrogen-bond donors (Lipinski definition) is 1. The van der Waals surface area contributed by atoms with Gasteiger partial charge in [0.05, 0.1) is 24.9 Å². The Morgan fingerprint density at radius 2 is 2.00 bits per heavy atom. The summed E-state index contributed by atoms with van der Waals surface area (Å²) in [6.07, 6.45) is 1.72. The molecule has 0 radical (unpaired) electrons. The number of carbonyl (C=O) groups is 1. The van der Waals surface area contributed by atoms with E-state index >= 15 is 0 Å². The monoisotopic (exact) mass is 373 g/mol. The standard InChI is InChI=1S/C19H24FN5O2/c1-13-18(22-23-25(13)16-6-8-21-9-7-16)19(26)24-10-11-27-17(12-24)14-2-4-15(20)5-3-14/h2-5,16-17,21H,6-12H2,1H3/t17-/m1/s1. The average molecular weight is 373 g/mol. The Hall–Kier alpha value is -2.32. The highest BCUT2D eigenvalue weighted by Crippen LogP contribution is 2.25. The zero-order valence-corrected chi connectivity index (χ0v) is 15.4. The molecular weight excluding hydrogens is 349 g/mol. The average Bonchev–Trinajstić information content (AvgIpc) is 3.10. The summed E-state index contributed by atoms with van der Waals surface area (Å²) < 4.78 is 20.8. The maximum absolute atomic E-state index is 13.2. The molecule has 3 heterocycles. The molecule has 0 aliphatic carbocycles. The molecule has 1 aromatic carbocycles. The third-order valence-electron chi connectivity index (χ3n) is 5.38. The van der Waals surface area contributed by atoms with Crippen LogP contribution in [0, 0.1) is 12.7 Å². The lowest BCUT2D eigenvalue weighted by molar-refractivity contribution is -0.0230. The van der Waals surface area contributed by atoms with E-state index in [4.69, 9.17) is 4.74 Å². The number of benzene rings is 1. The SMILES string of the molecule is Cc1c(C(=O)N2CCO[C@@H](c3ccc(F)cc3)C2)nnn1C1CCNCC1. The fraction of sp³-hybridized carbons (Fsp3) is 0.526. The highest BCUT2D eigenvalue weighted by molar-refractivity contribution is 5.93. The molecule has 0 unspecified atom stereocenters. The van der Waals surface area contributed by atoms with E-state index in [9.17, 15) is 9.18 Å². The van der Waals surface area contributed by atoms with Gasteiger partial charge in [-0.25, -0.2) is 9.07 Å². The number of halogens is 1. The number of carbonyl (C=O) groups excluding carboxylic acids is 1. The van der Waals surface area contributed by atoms with Crippen molar-refractivity contribution >= 4 is 5.91 Å². The number of morpholine rings is 1. The van der Waals surface area contributed by atoms with Crippen molar-refractivity contribution in [3.05, 3.63) is 47.0 Å². The minimum absolute atomic E-state index is 0.122. The number of amides is 1. The van der Waals surface area contributed by atoms with Crippen molar-refractivity contribution in [3.63, 3.8) is 0 Å². The third kappa shape index (κ3) is 3.72. The van der Waals surface area contributed by atoms with Crippen molar-refractivity contribution < 1.29 is 13.9 Å². The van der Waals surface area contributed by atoms with Crippen LogP contribution in [0.5, 0.6) is 0 Å².